The number of carbonyl (C=O) groups excluding carboxylic acids is 1. The van der Waals surface area contributed by atoms with Crippen molar-refractivity contribution in [3.05, 3.63) is 83.4 Å². The number of phenolic OH excluding ortho intramolecular Hbond substituents is 2. The Morgan fingerprint density at radius 2 is 1.76 bits per heavy atom. The zero-order valence-corrected chi connectivity index (χ0v) is 18.1. The van der Waals surface area contributed by atoms with Crippen molar-refractivity contribution < 1.29 is 15.0 Å². The van der Waals surface area contributed by atoms with Gasteiger partial charge < -0.3 is 21.3 Å². The van der Waals surface area contributed by atoms with E-state index in [0.717, 1.165) is 5.56 Å². The van der Waals surface area contributed by atoms with E-state index >= 15 is 0 Å². The van der Waals surface area contributed by atoms with Crippen molar-refractivity contribution in [1.29, 1.82) is 0 Å². The summed E-state index contributed by atoms with van der Waals surface area (Å²) in [6.45, 7) is 1.93. The van der Waals surface area contributed by atoms with Gasteiger partial charge >= 0.3 is 0 Å². The van der Waals surface area contributed by atoms with E-state index in [1.807, 2.05) is 43.3 Å². The Bertz CT molecular complexity index is 1610. The van der Waals surface area contributed by atoms with Crippen LogP contribution in [0.15, 0.2) is 71.8 Å². The number of fused-ring (bicyclic) bond motifs is 2. The summed E-state index contributed by atoms with van der Waals surface area (Å²) in [6, 6.07) is 19.0. The van der Waals surface area contributed by atoms with Crippen molar-refractivity contribution in [3.63, 3.8) is 0 Å². The number of carbonyl (C=O) groups is 1. The first-order valence-corrected chi connectivity index (χ1v) is 10.4. The second-order valence-corrected chi connectivity index (χ2v) is 7.77. The Morgan fingerprint density at radius 3 is 2.50 bits per heavy atom. The highest BCUT2D eigenvalue weighted by molar-refractivity contribution is 6.16. The maximum Gasteiger partial charge on any atom is 0.261 e. The molecule has 5 rings (SSSR count). The van der Waals surface area contributed by atoms with Crippen LogP contribution in [0.3, 0.4) is 0 Å². The summed E-state index contributed by atoms with van der Waals surface area (Å²) in [5, 5.41) is 26.6. The van der Waals surface area contributed by atoms with Gasteiger partial charge in [-0.25, -0.2) is 9.97 Å². The molecular weight excluding hydrogens is 432 g/mol. The number of aryl methyl sites for hydroxylation is 1. The Labute approximate surface area is 193 Å². The first-order chi connectivity index (χ1) is 16.4. The van der Waals surface area contributed by atoms with Crippen LogP contribution in [0.1, 0.15) is 21.5 Å². The van der Waals surface area contributed by atoms with Gasteiger partial charge in [0.05, 0.1) is 17.2 Å². The second kappa shape index (κ2) is 8.21. The lowest BCUT2D eigenvalue weighted by molar-refractivity contribution is 0.102. The topological polar surface area (TPSA) is 139 Å². The third-order valence-electron chi connectivity index (χ3n) is 5.30. The van der Waals surface area contributed by atoms with Crippen LogP contribution in [0.4, 0.5) is 11.5 Å². The quantitative estimate of drug-likeness (QED) is 0.240. The van der Waals surface area contributed by atoms with Gasteiger partial charge in [0.25, 0.3) is 5.91 Å². The molecule has 0 atom stereocenters. The van der Waals surface area contributed by atoms with Gasteiger partial charge in [-0.1, -0.05) is 24.3 Å². The van der Waals surface area contributed by atoms with Gasteiger partial charge in [0, 0.05) is 5.69 Å². The molecule has 0 aliphatic heterocycles. The normalized spacial score (nSPS) is 11.4. The van der Waals surface area contributed by atoms with E-state index in [1.54, 1.807) is 18.2 Å². The van der Waals surface area contributed by atoms with Crippen LogP contribution in [-0.4, -0.2) is 37.0 Å². The number of nitrogen functional groups attached to an aromatic ring is 1. The predicted molar refractivity (Wildman–Crippen MR) is 131 cm³/mol. The second-order valence-electron chi connectivity index (χ2n) is 7.77. The number of hydrogen-bond donors (Lipinski definition) is 4. The summed E-state index contributed by atoms with van der Waals surface area (Å²) < 4.78 is 1.34. The highest BCUT2D eigenvalue weighted by Gasteiger charge is 2.24. The molecule has 5 aromatic rings. The van der Waals surface area contributed by atoms with Gasteiger partial charge in [-0.15, -0.1) is 0 Å². The lowest BCUT2D eigenvalue weighted by atomic mass is 10.2. The maximum absolute atomic E-state index is 13.3. The number of rotatable bonds is 4. The van der Waals surface area contributed by atoms with Crippen LogP contribution in [-0.2, 0) is 0 Å². The van der Waals surface area contributed by atoms with E-state index in [2.05, 4.69) is 20.4 Å². The molecule has 34 heavy (non-hydrogen) atoms. The van der Waals surface area contributed by atoms with Gasteiger partial charge in [0.1, 0.15) is 16.9 Å². The minimum absolute atomic E-state index is 0.0645. The minimum Gasteiger partial charge on any atom is -0.504 e. The molecule has 2 aromatic heterocycles. The molecule has 0 saturated carbocycles. The summed E-state index contributed by atoms with van der Waals surface area (Å²) in [5.74, 6) is -0.891. The highest BCUT2D eigenvalue weighted by Crippen LogP contribution is 2.29. The number of hydrogen-bond acceptors (Lipinski definition) is 7. The van der Waals surface area contributed by atoms with Crippen molar-refractivity contribution in [3.8, 4) is 11.5 Å². The SMILES string of the molecule is Cc1cccc(NC(=O)c2c(N)n(/N=C/c3ccc(O)c(O)c3)c3nc4ccccc4nc23)c1. The minimum atomic E-state index is -0.436. The van der Waals surface area contributed by atoms with Crippen LogP contribution in [0.2, 0.25) is 0 Å². The third-order valence-corrected chi connectivity index (χ3v) is 5.30. The number of aromatic hydroxyl groups is 2. The molecule has 0 unspecified atom stereocenters. The van der Waals surface area contributed by atoms with Crippen LogP contribution in [0.25, 0.3) is 22.2 Å². The summed E-state index contributed by atoms with van der Waals surface area (Å²) in [7, 11) is 0. The molecule has 0 saturated heterocycles. The molecule has 1 amide bonds. The number of benzene rings is 3. The van der Waals surface area contributed by atoms with E-state index in [0.29, 0.717) is 33.4 Å². The zero-order valence-electron chi connectivity index (χ0n) is 18.1. The van der Waals surface area contributed by atoms with Crippen molar-refractivity contribution in [2.24, 2.45) is 5.10 Å². The fourth-order valence-corrected chi connectivity index (χ4v) is 3.65. The monoisotopic (exact) mass is 452 g/mol. The summed E-state index contributed by atoms with van der Waals surface area (Å²) in [5.41, 5.74) is 10.6. The van der Waals surface area contributed by atoms with Gasteiger partial charge in [0.2, 0.25) is 0 Å². The number of nitrogens with two attached hydrogens (primary N) is 1. The predicted octanol–water partition coefficient (Wildman–Crippen LogP) is 4.02. The first kappa shape index (κ1) is 21.0. The number of anilines is 2. The number of nitrogens with one attached hydrogen (secondary N) is 1. The van der Waals surface area contributed by atoms with Gasteiger partial charge in [-0.05, 0) is 60.5 Å². The number of amides is 1. The average molecular weight is 452 g/mol. The summed E-state index contributed by atoms with van der Waals surface area (Å²) in [6.07, 6.45) is 1.44. The average Bonchev–Trinajstić information content (AvgIpc) is 3.08. The van der Waals surface area contributed by atoms with Gasteiger partial charge in [0.15, 0.2) is 17.1 Å². The molecule has 9 heteroatoms. The Balaban J connectivity index is 1.66. The highest BCUT2D eigenvalue weighted by atomic mass is 16.3. The lowest BCUT2D eigenvalue weighted by Crippen LogP contribution is -2.14. The van der Waals surface area contributed by atoms with E-state index in [9.17, 15) is 15.0 Å². The van der Waals surface area contributed by atoms with E-state index in [1.165, 1.54) is 23.0 Å². The van der Waals surface area contributed by atoms with Crippen LogP contribution < -0.4 is 11.1 Å². The summed E-state index contributed by atoms with van der Waals surface area (Å²) in [4.78, 5) is 22.6. The zero-order chi connectivity index (χ0) is 23.8. The van der Waals surface area contributed by atoms with Crippen LogP contribution in [0.5, 0.6) is 11.5 Å². The third kappa shape index (κ3) is 3.75. The van der Waals surface area contributed by atoms with E-state index in [4.69, 9.17) is 5.73 Å². The standard InChI is InChI=1S/C25H20N6O3/c1-14-5-4-6-16(11-14)28-25(34)21-22-24(30-18-8-3-2-7-17(18)29-22)31(23(21)26)27-13-15-9-10-19(32)20(33)12-15/h2-13,32-33H,26H2,1H3,(H,28,34)/b27-13+. The lowest BCUT2D eigenvalue weighted by Gasteiger charge is -2.06. The molecule has 0 fully saturated rings. The molecule has 3 aromatic carbocycles. The molecule has 168 valence electrons. The molecule has 5 N–H and O–H groups in total. The fraction of sp³-hybridized carbons (Fsp3) is 0.0400. The van der Waals surface area contributed by atoms with Crippen LogP contribution >= 0.6 is 0 Å². The number of aromatic nitrogens is 3. The molecule has 0 bridgehead atoms. The molecule has 0 aliphatic carbocycles. The van der Waals surface area contributed by atoms with Gasteiger partial charge in [-0.2, -0.15) is 9.78 Å². The Kier molecular flexibility index (Phi) is 5.06. The number of nitrogens with zero attached hydrogens (tertiary/aromatic N) is 4. The fourth-order valence-electron chi connectivity index (χ4n) is 3.65. The summed E-state index contributed by atoms with van der Waals surface area (Å²) >= 11 is 0. The molecule has 0 spiro atoms. The van der Waals surface area contributed by atoms with Crippen molar-refractivity contribution in [1.82, 2.24) is 14.6 Å². The Hall–Kier alpha value is -4.92. The molecule has 9 nitrogen and oxygen atoms in total. The molecule has 0 aliphatic rings. The number of phenols is 2. The van der Waals surface area contributed by atoms with Crippen LogP contribution in [0, 0.1) is 6.92 Å². The van der Waals surface area contributed by atoms with Crippen molar-refractivity contribution in [2.45, 2.75) is 6.92 Å². The molecule has 0 radical (unpaired) electrons. The maximum atomic E-state index is 13.3. The number of para-hydroxylation sites is 2. The molecular formula is C25H20N6O3. The van der Waals surface area contributed by atoms with Crippen molar-refractivity contribution in [2.75, 3.05) is 11.1 Å². The largest absolute Gasteiger partial charge is 0.504 e. The first-order valence-electron chi connectivity index (χ1n) is 10.4. The Morgan fingerprint density at radius 1 is 1.00 bits per heavy atom. The van der Waals surface area contributed by atoms with E-state index < -0.39 is 5.91 Å². The van der Waals surface area contributed by atoms with E-state index in [-0.39, 0.29) is 22.9 Å². The van der Waals surface area contributed by atoms with Crippen molar-refractivity contribution >= 4 is 45.8 Å². The molecule has 2 heterocycles. The van der Waals surface area contributed by atoms with Gasteiger partial charge in [-0.3, -0.25) is 4.79 Å². The smallest absolute Gasteiger partial charge is 0.261 e.